The van der Waals surface area contributed by atoms with Gasteiger partial charge in [0.15, 0.2) is 0 Å². The molecule has 0 aromatic heterocycles. The number of hydrogen-bond donors (Lipinski definition) is 3. The lowest BCUT2D eigenvalue weighted by Gasteiger charge is -2.12. The summed E-state index contributed by atoms with van der Waals surface area (Å²) in [6, 6.07) is 7.51. The first-order valence-electron chi connectivity index (χ1n) is 5.93. The van der Waals surface area contributed by atoms with Crippen LogP contribution < -0.4 is 16.4 Å². The van der Waals surface area contributed by atoms with Crippen LogP contribution in [0.25, 0.3) is 0 Å². The molecule has 0 spiro atoms. The van der Waals surface area contributed by atoms with Crippen LogP contribution in [-0.2, 0) is 16.1 Å². The molecule has 0 saturated heterocycles. The third kappa shape index (κ3) is 2.36. The monoisotopic (exact) mass is 247 g/mol. The highest BCUT2D eigenvalue weighted by atomic mass is 16.2. The van der Waals surface area contributed by atoms with E-state index in [0.717, 1.165) is 12.1 Å². The molecule has 18 heavy (non-hydrogen) atoms. The van der Waals surface area contributed by atoms with E-state index in [0.29, 0.717) is 18.5 Å². The molecule has 0 unspecified atom stereocenters. The molecule has 96 valence electrons. The highest BCUT2D eigenvalue weighted by Crippen LogP contribution is 2.46. The molecule has 0 radical (unpaired) electrons. The molecule has 0 atom stereocenters. The zero-order valence-electron chi connectivity index (χ0n) is 10.3. The second-order valence-corrected chi connectivity index (χ2v) is 4.63. The van der Waals surface area contributed by atoms with Gasteiger partial charge in [0.1, 0.15) is 5.41 Å². The van der Waals surface area contributed by atoms with E-state index in [4.69, 9.17) is 5.73 Å². The molecule has 2 amide bonds. The molecule has 0 aliphatic heterocycles. The quantitative estimate of drug-likeness (QED) is 0.666. The summed E-state index contributed by atoms with van der Waals surface area (Å²) >= 11 is 0. The number of primary amides is 1. The zero-order chi connectivity index (χ0) is 13.2. The second kappa shape index (κ2) is 4.78. The number of hydrogen-bond acceptors (Lipinski definition) is 3. The summed E-state index contributed by atoms with van der Waals surface area (Å²) < 4.78 is 0. The fourth-order valence-corrected chi connectivity index (χ4v) is 1.92. The van der Waals surface area contributed by atoms with Crippen molar-refractivity contribution < 1.29 is 9.59 Å². The minimum Gasteiger partial charge on any atom is -0.369 e. The molecular weight excluding hydrogens is 230 g/mol. The molecule has 1 aliphatic carbocycles. The molecule has 0 bridgehead atoms. The maximum atomic E-state index is 12.0. The maximum Gasteiger partial charge on any atom is 0.240 e. The summed E-state index contributed by atoms with van der Waals surface area (Å²) in [6.45, 7) is 0.727. The van der Waals surface area contributed by atoms with Gasteiger partial charge in [-0.2, -0.15) is 0 Å². The van der Waals surface area contributed by atoms with Crippen molar-refractivity contribution in [2.24, 2.45) is 11.1 Å². The normalized spacial score (nSPS) is 16.1. The Balaban J connectivity index is 2.08. The van der Waals surface area contributed by atoms with Crippen molar-refractivity contribution in [3.8, 4) is 0 Å². The van der Waals surface area contributed by atoms with Gasteiger partial charge >= 0.3 is 0 Å². The third-order valence-electron chi connectivity index (χ3n) is 3.22. The van der Waals surface area contributed by atoms with Crippen LogP contribution in [0.3, 0.4) is 0 Å². The fourth-order valence-electron chi connectivity index (χ4n) is 1.92. The first-order valence-corrected chi connectivity index (χ1v) is 5.93. The Labute approximate surface area is 106 Å². The standard InChI is InChI=1S/C13H17N3O2/c1-15-8-9-3-2-4-10(7-9)16-12(18)13(5-6-13)11(14)17/h2-4,7,15H,5-6,8H2,1H3,(H2,14,17)(H,16,18). The van der Waals surface area contributed by atoms with E-state index >= 15 is 0 Å². The van der Waals surface area contributed by atoms with E-state index < -0.39 is 11.3 Å². The lowest BCUT2D eigenvalue weighted by atomic mass is 10.1. The smallest absolute Gasteiger partial charge is 0.240 e. The predicted octanol–water partition coefficient (Wildman–Crippen LogP) is 0.610. The van der Waals surface area contributed by atoms with Crippen LogP contribution >= 0.6 is 0 Å². The number of nitrogens with one attached hydrogen (secondary N) is 2. The first kappa shape index (κ1) is 12.6. The molecule has 1 aromatic carbocycles. The van der Waals surface area contributed by atoms with Crippen LogP contribution in [0.5, 0.6) is 0 Å². The van der Waals surface area contributed by atoms with E-state index in [9.17, 15) is 9.59 Å². The van der Waals surface area contributed by atoms with E-state index in [-0.39, 0.29) is 5.91 Å². The second-order valence-electron chi connectivity index (χ2n) is 4.63. The minimum absolute atomic E-state index is 0.295. The number of carbonyl (C=O) groups excluding carboxylic acids is 2. The number of carbonyl (C=O) groups is 2. The summed E-state index contributed by atoms with van der Waals surface area (Å²) in [4.78, 5) is 23.2. The topological polar surface area (TPSA) is 84.2 Å². The number of nitrogens with two attached hydrogens (primary N) is 1. The van der Waals surface area contributed by atoms with Gasteiger partial charge in [-0.05, 0) is 37.6 Å². The van der Waals surface area contributed by atoms with E-state index in [1.165, 1.54) is 0 Å². The number of amides is 2. The maximum absolute atomic E-state index is 12.0. The lowest BCUT2D eigenvalue weighted by molar-refractivity contribution is -0.132. The van der Waals surface area contributed by atoms with Crippen molar-refractivity contribution in [1.29, 1.82) is 0 Å². The predicted molar refractivity (Wildman–Crippen MR) is 68.7 cm³/mol. The van der Waals surface area contributed by atoms with Gasteiger partial charge in [0.2, 0.25) is 11.8 Å². The highest BCUT2D eigenvalue weighted by Gasteiger charge is 2.55. The molecule has 1 saturated carbocycles. The van der Waals surface area contributed by atoms with Gasteiger partial charge in [0.25, 0.3) is 0 Å². The van der Waals surface area contributed by atoms with Crippen molar-refractivity contribution in [3.63, 3.8) is 0 Å². The molecule has 1 fully saturated rings. The van der Waals surface area contributed by atoms with Gasteiger partial charge in [0.05, 0.1) is 0 Å². The van der Waals surface area contributed by atoms with Gasteiger partial charge in [-0.25, -0.2) is 0 Å². The summed E-state index contributed by atoms with van der Waals surface area (Å²) in [5, 5.41) is 5.80. The first-order chi connectivity index (χ1) is 8.58. The summed E-state index contributed by atoms with van der Waals surface area (Å²) in [6.07, 6.45) is 1.09. The Morgan fingerprint density at radius 3 is 2.67 bits per heavy atom. The molecule has 5 heteroatoms. The van der Waals surface area contributed by atoms with Crippen LogP contribution in [-0.4, -0.2) is 18.9 Å². The molecular formula is C13H17N3O2. The molecule has 2 rings (SSSR count). The van der Waals surface area contributed by atoms with Crippen LogP contribution in [0.1, 0.15) is 18.4 Å². The van der Waals surface area contributed by atoms with E-state index in [1.54, 1.807) is 6.07 Å². The summed E-state index contributed by atoms with van der Waals surface area (Å²) in [5.74, 6) is -0.831. The van der Waals surface area contributed by atoms with Gasteiger partial charge in [-0.15, -0.1) is 0 Å². The molecule has 0 heterocycles. The minimum atomic E-state index is -0.973. The summed E-state index contributed by atoms with van der Waals surface area (Å²) in [5.41, 5.74) is 6.05. The Kier molecular flexibility index (Phi) is 3.34. The van der Waals surface area contributed by atoms with Crippen LogP contribution in [0, 0.1) is 5.41 Å². The Morgan fingerprint density at radius 2 is 2.11 bits per heavy atom. The Morgan fingerprint density at radius 1 is 1.39 bits per heavy atom. The van der Waals surface area contributed by atoms with Gasteiger partial charge in [-0.3, -0.25) is 9.59 Å². The van der Waals surface area contributed by atoms with Crippen molar-refractivity contribution in [2.45, 2.75) is 19.4 Å². The van der Waals surface area contributed by atoms with E-state index in [1.807, 2.05) is 25.2 Å². The lowest BCUT2D eigenvalue weighted by Crippen LogP contribution is -2.36. The Bertz CT molecular complexity index is 481. The number of anilines is 1. The number of benzene rings is 1. The Hall–Kier alpha value is -1.88. The average molecular weight is 247 g/mol. The van der Waals surface area contributed by atoms with Gasteiger partial charge < -0.3 is 16.4 Å². The van der Waals surface area contributed by atoms with Crippen LogP contribution in [0.2, 0.25) is 0 Å². The molecule has 4 N–H and O–H groups in total. The van der Waals surface area contributed by atoms with Gasteiger partial charge in [-0.1, -0.05) is 12.1 Å². The van der Waals surface area contributed by atoms with Crippen molar-refractivity contribution in [3.05, 3.63) is 29.8 Å². The zero-order valence-corrected chi connectivity index (χ0v) is 10.3. The average Bonchev–Trinajstić information content (AvgIpc) is 3.10. The highest BCUT2D eigenvalue weighted by molar-refractivity contribution is 6.12. The third-order valence-corrected chi connectivity index (χ3v) is 3.22. The van der Waals surface area contributed by atoms with Crippen molar-refractivity contribution in [1.82, 2.24) is 5.32 Å². The largest absolute Gasteiger partial charge is 0.369 e. The molecule has 1 aliphatic rings. The van der Waals surface area contributed by atoms with Crippen molar-refractivity contribution in [2.75, 3.05) is 12.4 Å². The fraction of sp³-hybridized carbons (Fsp3) is 0.385. The van der Waals surface area contributed by atoms with E-state index in [2.05, 4.69) is 10.6 Å². The SMILES string of the molecule is CNCc1cccc(NC(=O)C2(C(N)=O)CC2)c1. The van der Waals surface area contributed by atoms with Crippen LogP contribution in [0.4, 0.5) is 5.69 Å². The van der Waals surface area contributed by atoms with Crippen LogP contribution in [0.15, 0.2) is 24.3 Å². The summed E-state index contributed by atoms with van der Waals surface area (Å²) in [7, 11) is 1.86. The van der Waals surface area contributed by atoms with Gasteiger partial charge in [0, 0.05) is 12.2 Å². The van der Waals surface area contributed by atoms with Crippen molar-refractivity contribution >= 4 is 17.5 Å². The molecule has 1 aromatic rings. The number of rotatable bonds is 5. The molecule has 5 nitrogen and oxygen atoms in total.